The summed E-state index contributed by atoms with van der Waals surface area (Å²) in [5.41, 5.74) is 2.16. The minimum Gasteiger partial charge on any atom is -0.366 e. The van der Waals surface area contributed by atoms with Gasteiger partial charge in [0, 0.05) is 24.5 Å². The number of amides is 1. The maximum Gasteiger partial charge on any atom is 0.253 e. The van der Waals surface area contributed by atoms with Crippen LogP contribution in [0, 0.1) is 5.82 Å². The van der Waals surface area contributed by atoms with Crippen molar-refractivity contribution < 1.29 is 9.18 Å². The predicted molar refractivity (Wildman–Crippen MR) is 77.1 cm³/mol. The van der Waals surface area contributed by atoms with Gasteiger partial charge in [0.05, 0.1) is 5.56 Å². The third-order valence-corrected chi connectivity index (χ3v) is 3.03. The average Bonchev–Trinajstić information content (AvgIpc) is 2.93. The molecule has 0 atom stereocenters. The van der Waals surface area contributed by atoms with Crippen molar-refractivity contribution in [2.75, 3.05) is 20.1 Å². The number of hydrogen-bond acceptors (Lipinski definition) is 2. The topological polar surface area (TPSA) is 56.9 Å². The Kier molecular flexibility index (Phi) is 4.90. The molecular weight excluding hydrogens is 257 g/mol. The normalized spacial score (nSPS) is 10.5. The number of aromatic amines is 1. The molecule has 1 amide bonds. The van der Waals surface area contributed by atoms with Crippen LogP contribution in [0.15, 0.2) is 36.7 Å². The largest absolute Gasteiger partial charge is 0.366 e. The summed E-state index contributed by atoms with van der Waals surface area (Å²) < 4.78 is 12.9. The van der Waals surface area contributed by atoms with Gasteiger partial charge in [-0.3, -0.25) is 4.79 Å². The first-order valence-electron chi connectivity index (χ1n) is 6.58. The molecule has 0 radical (unpaired) electrons. The molecule has 0 spiro atoms. The van der Waals surface area contributed by atoms with Crippen LogP contribution in [0.3, 0.4) is 0 Å². The highest BCUT2D eigenvalue weighted by molar-refractivity contribution is 6.00. The van der Waals surface area contributed by atoms with Crippen LogP contribution in [0.4, 0.5) is 4.39 Å². The van der Waals surface area contributed by atoms with Crippen molar-refractivity contribution in [3.8, 4) is 11.1 Å². The van der Waals surface area contributed by atoms with Crippen molar-refractivity contribution in [3.63, 3.8) is 0 Å². The van der Waals surface area contributed by atoms with Crippen molar-refractivity contribution in [1.29, 1.82) is 0 Å². The van der Waals surface area contributed by atoms with Crippen molar-refractivity contribution in [2.24, 2.45) is 0 Å². The minimum absolute atomic E-state index is 0.123. The molecule has 0 unspecified atom stereocenters. The van der Waals surface area contributed by atoms with Gasteiger partial charge in [-0.15, -0.1) is 0 Å². The fourth-order valence-corrected chi connectivity index (χ4v) is 1.98. The molecule has 0 fully saturated rings. The van der Waals surface area contributed by atoms with Gasteiger partial charge in [0.25, 0.3) is 5.91 Å². The SMILES string of the molecule is CNCCCNC(=O)c1c[nH]cc1-c1ccc(F)cc1. The third kappa shape index (κ3) is 3.45. The molecule has 0 saturated heterocycles. The Morgan fingerprint density at radius 3 is 2.65 bits per heavy atom. The number of nitrogens with one attached hydrogen (secondary N) is 3. The first kappa shape index (κ1) is 14.3. The Labute approximate surface area is 117 Å². The van der Waals surface area contributed by atoms with E-state index in [-0.39, 0.29) is 11.7 Å². The summed E-state index contributed by atoms with van der Waals surface area (Å²) in [7, 11) is 1.88. The molecule has 1 heterocycles. The maximum absolute atomic E-state index is 12.9. The number of hydrogen-bond donors (Lipinski definition) is 3. The van der Waals surface area contributed by atoms with E-state index in [1.165, 1.54) is 12.1 Å². The van der Waals surface area contributed by atoms with Crippen LogP contribution in [0.2, 0.25) is 0 Å². The molecule has 0 aliphatic heterocycles. The van der Waals surface area contributed by atoms with Crippen LogP contribution in [-0.4, -0.2) is 31.0 Å². The summed E-state index contributed by atoms with van der Waals surface area (Å²) in [6, 6.07) is 6.10. The van der Waals surface area contributed by atoms with Gasteiger partial charge in [-0.05, 0) is 37.7 Å². The summed E-state index contributed by atoms with van der Waals surface area (Å²) in [5.74, 6) is -0.413. The molecule has 5 heteroatoms. The molecule has 2 rings (SSSR count). The number of aromatic nitrogens is 1. The number of carbonyl (C=O) groups is 1. The van der Waals surface area contributed by atoms with Crippen molar-refractivity contribution in [2.45, 2.75) is 6.42 Å². The molecule has 106 valence electrons. The molecule has 2 aromatic rings. The molecule has 0 aliphatic carbocycles. The second-order valence-electron chi connectivity index (χ2n) is 4.50. The van der Waals surface area contributed by atoms with E-state index < -0.39 is 0 Å². The molecule has 1 aromatic carbocycles. The van der Waals surface area contributed by atoms with Crippen molar-refractivity contribution in [1.82, 2.24) is 15.6 Å². The lowest BCUT2D eigenvalue weighted by molar-refractivity contribution is 0.0954. The monoisotopic (exact) mass is 275 g/mol. The van der Waals surface area contributed by atoms with Crippen LogP contribution in [0.25, 0.3) is 11.1 Å². The molecule has 1 aromatic heterocycles. The van der Waals surface area contributed by atoms with E-state index in [1.54, 1.807) is 24.5 Å². The smallest absolute Gasteiger partial charge is 0.253 e. The maximum atomic E-state index is 12.9. The summed E-state index contributed by atoms with van der Waals surface area (Å²) in [4.78, 5) is 15.0. The molecule has 0 saturated carbocycles. The van der Waals surface area contributed by atoms with Gasteiger partial charge < -0.3 is 15.6 Å². The Hall–Kier alpha value is -2.14. The van der Waals surface area contributed by atoms with Gasteiger partial charge in [0.2, 0.25) is 0 Å². The van der Waals surface area contributed by atoms with E-state index in [4.69, 9.17) is 0 Å². The number of H-pyrrole nitrogens is 1. The van der Waals surface area contributed by atoms with Gasteiger partial charge in [-0.2, -0.15) is 0 Å². The van der Waals surface area contributed by atoms with Gasteiger partial charge >= 0.3 is 0 Å². The van der Waals surface area contributed by atoms with E-state index >= 15 is 0 Å². The lowest BCUT2D eigenvalue weighted by Crippen LogP contribution is -2.26. The van der Waals surface area contributed by atoms with Crippen LogP contribution in [0.5, 0.6) is 0 Å². The molecule has 0 aliphatic rings. The van der Waals surface area contributed by atoms with Crippen LogP contribution in [0.1, 0.15) is 16.8 Å². The van der Waals surface area contributed by atoms with E-state index in [0.717, 1.165) is 24.1 Å². The highest BCUT2D eigenvalue weighted by Gasteiger charge is 2.13. The molecular formula is C15H18FN3O. The molecule has 3 N–H and O–H groups in total. The summed E-state index contributed by atoms with van der Waals surface area (Å²) >= 11 is 0. The second-order valence-corrected chi connectivity index (χ2v) is 4.50. The van der Waals surface area contributed by atoms with E-state index in [0.29, 0.717) is 12.1 Å². The van der Waals surface area contributed by atoms with E-state index in [1.807, 2.05) is 7.05 Å². The second kappa shape index (κ2) is 6.86. The highest BCUT2D eigenvalue weighted by atomic mass is 19.1. The first-order valence-corrected chi connectivity index (χ1v) is 6.58. The lowest BCUT2D eigenvalue weighted by Gasteiger charge is -2.06. The third-order valence-electron chi connectivity index (χ3n) is 3.03. The Morgan fingerprint density at radius 2 is 1.95 bits per heavy atom. The van der Waals surface area contributed by atoms with Crippen LogP contribution >= 0.6 is 0 Å². The van der Waals surface area contributed by atoms with Gasteiger partial charge in [0.1, 0.15) is 5.82 Å². The zero-order valence-electron chi connectivity index (χ0n) is 11.4. The first-order chi connectivity index (χ1) is 9.72. The van der Waals surface area contributed by atoms with Crippen LogP contribution < -0.4 is 10.6 Å². The average molecular weight is 275 g/mol. The fraction of sp³-hybridized carbons (Fsp3) is 0.267. The summed E-state index contributed by atoms with van der Waals surface area (Å²) in [6.45, 7) is 1.48. The van der Waals surface area contributed by atoms with Gasteiger partial charge in [-0.1, -0.05) is 12.1 Å². The standard InChI is InChI=1S/C15H18FN3O/c1-17-7-2-8-19-15(20)14-10-18-9-13(14)11-3-5-12(16)6-4-11/h3-6,9-10,17-18H,2,7-8H2,1H3,(H,19,20). The number of halogens is 1. The van der Waals surface area contributed by atoms with E-state index in [9.17, 15) is 9.18 Å². The van der Waals surface area contributed by atoms with Gasteiger partial charge in [0.15, 0.2) is 0 Å². The molecule has 20 heavy (non-hydrogen) atoms. The summed E-state index contributed by atoms with van der Waals surface area (Å²) in [5, 5.41) is 5.89. The fourth-order valence-electron chi connectivity index (χ4n) is 1.98. The van der Waals surface area contributed by atoms with Crippen molar-refractivity contribution >= 4 is 5.91 Å². The lowest BCUT2D eigenvalue weighted by atomic mass is 10.0. The zero-order valence-corrected chi connectivity index (χ0v) is 11.4. The Balaban J connectivity index is 2.08. The number of carbonyl (C=O) groups excluding carboxylic acids is 1. The Bertz CT molecular complexity index is 563. The zero-order chi connectivity index (χ0) is 14.4. The molecule has 4 nitrogen and oxygen atoms in total. The Morgan fingerprint density at radius 1 is 1.20 bits per heavy atom. The number of rotatable bonds is 6. The number of benzene rings is 1. The van der Waals surface area contributed by atoms with E-state index in [2.05, 4.69) is 15.6 Å². The summed E-state index contributed by atoms with van der Waals surface area (Å²) in [6.07, 6.45) is 4.28. The van der Waals surface area contributed by atoms with Crippen molar-refractivity contribution in [3.05, 3.63) is 48.0 Å². The van der Waals surface area contributed by atoms with Crippen LogP contribution in [-0.2, 0) is 0 Å². The highest BCUT2D eigenvalue weighted by Crippen LogP contribution is 2.23. The minimum atomic E-state index is -0.289. The molecule has 0 bridgehead atoms. The predicted octanol–water partition coefficient (Wildman–Crippen LogP) is 2.16. The quantitative estimate of drug-likeness (QED) is 0.708. The van der Waals surface area contributed by atoms with Gasteiger partial charge in [-0.25, -0.2) is 4.39 Å².